The standard InChI is InChI=1S/C12H15N7S/c1-2-3-13-12-18-10(9-11(19-12)16-6-15-9)14-4-8-5-20-7-17-8/h5-7H,2-4H2,1H3,(H3,13,14,15,16,18,19). The zero-order valence-corrected chi connectivity index (χ0v) is 11.9. The minimum absolute atomic E-state index is 0.590. The lowest BCUT2D eigenvalue weighted by Gasteiger charge is -2.08. The molecule has 104 valence electrons. The molecule has 0 spiro atoms. The van der Waals surface area contributed by atoms with Gasteiger partial charge in [-0.1, -0.05) is 6.92 Å². The van der Waals surface area contributed by atoms with Gasteiger partial charge in [0.15, 0.2) is 11.5 Å². The number of H-pyrrole nitrogens is 1. The first-order chi connectivity index (χ1) is 9.86. The Hall–Kier alpha value is -2.22. The number of nitrogens with zero attached hydrogens (tertiary/aromatic N) is 4. The lowest BCUT2D eigenvalue weighted by molar-refractivity contribution is 0.953. The first-order valence-corrected chi connectivity index (χ1v) is 7.37. The van der Waals surface area contributed by atoms with Crippen molar-refractivity contribution in [2.75, 3.05) is 17.2 Å². The summed E-state index contributed by atoms with van der Waals surface area (Å²) in [5.74, 6) is 1.33. The van der Waals surface area contributed by atoms with Crippen molar-refractivity contribution in [3.05, 3.63) is 22.9 Å². The first-order valence-electron chi connectivity index (χ1n) is 6.42. The molecule has 0 saturated carbocycles. The highest BCUT2D eigenvalue weighted by molar-refractivity contribution is 7.07. The Kier molecular flexibility index (Phi) is 3.73. The Labute approximate surface area is 119 Å². The largest absolute Gasteiger partial charge is 0.362 e. The summed E-state index contributed by atoms with van der Waals surface area (Å²) in [5.41, 5.74) is 4.27. The van der Waals surface area contributed by atoms with Crippen LogP contribution in [-0.4, -0.2) is 31.5 Å². The number of hydrogen-bond donors (Lipinski definition) is 3. The van der Waals surface area contributed by atoms with Gasteiger partial charge in [-0.15, -0.1) is 11.3 Å². The van der Waals surface area contributed by atoms with Crippen LogP contribution < -0.4 is 10.6 Å². The molecule has 3 aromatic heterocycles. The van der Waals surface area contributed by atoms with E-state index in [0.717, 1.165) is 30.0 Å². The third kappa shape index (κ3) is 2.69. The molecular formula is C12H15N7S. The van der Waals surface area contributed by atoms with Crippen LogP contribution in [0.3, 0.4) is 0 Å². The SMILES string of the molecule is CCCNc1nc(NCc2cscn2)c2[nH]cnc2n1. The van der Waals surface area contributed by atoms with Crippen LogP contribution in [-0.2, 0) is 6.54 Å². The molecule has 0 unspecified atom stereocenters. The van der Waals surface area contributed by atoms with E-state index in [0.29, 0.717) is 18.1 Å². The monoisotopic (exact) mass is 289 g/mol. The molecule has 0 aromatic carbocycles. The van der Waals surface area contributed by atoms with E-state index in [1.807, 2.05) is 10.9 Å². The van der Waals surface area contributed by atoms with Gasteiger partial charge < -0.3 is 15.6 Å². The number of aromatic amines is 1. The molecule has 0 radical (unpaired) electrons. The molecule has 0 aliphatic heterocycles. The Morgan fingerprint density at radius 3 is 3.00 bits per heavy atom. The number of thiazole rings is 1. The van der Waals surface area contributed by atoms with E-state index >= 15 is 0 Å². The van der Waals surface area contributed by atoms with E-state index in [4.69, 9.17) is 0 Å². The molecule has 20 heavy (non-hydrogen) atoms. The molecular weight excluding hydrogens is 274 g/mol. The Bertz CT molecular complexity index is 676. The molecule has 0 bridgehead atoms. The molecule has 3 aromatic rings. The minimum atomic E-state index is 0.590. The summed E-state index contributed by atoms with van der Waals surface area (Å²) < 4.78 is 0. The maximum atomic E-state index is 4.48. The quantitative estimate of drug-likeness (QED) is 0.644. The molecule has 8 heteroatoms. The first kappa shape index (κ1) is 12.8. The number of fused-ring (bicyclic) bond motifs is 1. The van der Waals surface area contributed by atoms with Crippen LogP contribution in [0.25, 0.3) is 11.2 Å². The fraction of sp³-hybridized carbons (Fsp3) is 0.333. The van der Waals surface area contributed by atoms with Crippen LogP contribution in [0.4, 0.5) is 11.8 Å². The number of anilines is 2. The van der Waals surface area contributed by atoms with Gasteiger partial charge in [0.1, 0.15) is 5.52 Å². The smallest absolute Gasteiger partial charge is 0.226 e. The van der Waals surface area contributed by atoms with Crippen molar-refractivity contribution >= 4 is 34.3 Å². The van der Waals surface area contributed by atoms with Crippen molar-refractivity contribution in [1.29, 1.82) is 0 Å². The number of rotatable bonds is 6. The van der Waals surface area contributed by atoms with Crippen molar-refractivity contribution in [1.82, 2.24) is 24.9 Å². The maximum Gasteiger partial charge on any atom is 0.226 e. The van der Waals surface area contributed by atoms with Gasteiger partial charge >= 0.3 is 0 Å². The summed E-state index contributed by atoms with van der Waals surface area (Å²) in [5, 5.41) is 8.46. The summed E-state index contributed by atoms with van der Waals surface area (Å²) in [6.07, 6.45) is 2.64. The van der Waals surface area contributed by atoms with Gasteiger partial charge in [0.05, 0.1) is 24.1 Å². The second kappa shape index (κ2) is 5.83. The molecule has 3 N–H and O–H groups in total. The summed E-state index contributed by atoms with van der Waals surface area (Å²) in [6, 6.07) is 0. The third-order valence-electron chi connectivity index (χ3n) is 2.74. The fourth-order valence-corrected chi connectivity index (χ4v) is 2.33. The third-order valence-corrected chi connectivity index (χ3v) is 3.37. The van der Waals surface area contributed by atoms with Gasteiger partial charge in [0.2, 0.25) is 5.95 Å². The topological polar surface area (TPSA) is 91.4 Å². The highest BCUT2D eigenvalue weighted by Gasteiger charge is 2.09. The zero-order chi connectivity index (χ0) is 13.8. The number of hydrogen-bond acceptors (Lipinski definition) is 7. The predicted molar refractivity (Wildman–Crippen MR) is 79.9 cm³/mol. The molecule has 3 rings (SSSR count). The Balaban J connectivity index is 1.85. The molecule has 0 aliphatic rings. The average Bonchev–Trinajstić information content (AvgIpc) is 3.13. The second-order valence-corrected chi connectivity index (χ2v) is 4.98. The lowest BCUT2D eigenvalue weighted by Crippen LogP contribution is -2.08. The summed E-state index contributed by atoms with van der Waals surface area (Å²) >= 11 is 1.58. The van der Waals surface area contributed by atoms with E-state index in [-0.39, 0.29) is 0 Å². The normalized spacial score (nSPS) is 10.8. The Morgan fingerprint density at radius 1 is 1.25 bits per heavy atom. The van der Waals surface area contributed by atoms with Crippen LogP contribution in [0, 0.1) is 0 Å². The Morgan fingerprint density at radius 2 is 2.20 bits per heavy atom. The van der Waals surface area contributed by atoms with Crippen LogP contribution in [0.15, 0.2) is 17.2 Å². The van der Waals surface area contributed by atoms with Crippen molar-refractivity contribution in [3.63, 3.8) is 0 Å². The summed E-state index contributed by atoms with van der Waals surface area (Å²) in [7, 11) is 0. The number of imidazole rings is 1. The molecule has 7 nitrogen and oxygen atoms in total. The molecule has 3 heterocycles. The molecule has 0 fully saturated rings. The zero-order valence-electron chi connectivity index (χ0n) is 11.1. The van der Waals surface area contributed by atoms with Crippen LogP contribution >= 0.6 is 11.3 Å². The highest BCUT2D eigenvalue weighted by Crippen LogP contribution is 2.19. The molecule has 0 saturated heterocycles. The van der Waals surface area contributed by atoms with Gasteiger partial charge in [-0.05, 0) is 6.42 Å². The predicted octanol–water partition coefficient (Wildman–Crippen LogP) is 2.24. The average molecular weight is 289 g/mol. The van der Waals surface area contributed by atoms with Crippen molar-refractivity contribution in [2.45, 2.75) is 19.9 Å². The molecule has 0 aliphatic carbocycles. The highest BCUT2D eigenvalue weighted by atomic mass is 32.1. The van der Waals surface area contributed by atoms with Gasteiger partial charge in [-0.3, -0.25) is 0 Å². The van der Waals surface area contributed by atoms with Gasteiger partial charge in [0.25, 0.3) is 0 Å². The molecule has 0 amide bonds. The van der Waals surface area contributed by atoms with E-state index in [9.17, 15) is 0 Å². The maximum absolute atomic E-state index is 4.48. The van der Waals surface area contributed by atoms with Crippen LogP contribution in [0.1, 0.15) is 19.0 Å². The van der Waals surface area contributed by atoms with Crippen molar-refractivity contribution in [2.24, 2.45) is 0 Å². The van der Waals surface area contributed by atoms with Gasteiger partial charge in [0, 0.05) is 11.9 Å². The fourth-order valence-electron chi connectivity index (χ4n) is 1.78. The van der Waals surface area contributed by atoms with Crippen LogP contribution in [0.5, 0.6) is 0 Å². The van der Waals surface area contributed by atoms with Crippen LogP contribution in [0.2, 0.25) is 0 Å². The van der Waals surface area contributed by atoms with E-state index < -0.39 is 0 Å². The number of nitrogens with one attached hydrogen (secondary N) is 3. The second-order valence-electron chi connectivity index (χ2n) is 4.26. The van der Waals surface area contributed by atoms with Gasteiger partial charge in [-0.2, -0.15) is 9.97 Å². The van der Waals surface area contributed by atoms with E-state index in [1.54, 1.807) is 17.7 Å². The minimum Gasteiger partial charge on any atom is -0.362 e. The van der Waals surface area contributed by atoms with E-state index in [1.165, 1.54) is 0 Å². The van der Waals surface area contributed by atoms with E-state index in [2.05, 4.69) is 42.5 Å². The lowest BCUT2D eigenvalue weighted by atomic mass is 10.4. The summed E-state index contributed by atoms with van der Waals surface area (Å²) in [4.78, 5) is 20.3. The number of aromatic nitrogens is 5. The molecule has 0 atom stereocenters. The van der Waals surface area contributed by atoms with Crippen molar-refractivity contribution in [3.8, 4) is 0 Å². The summed E-state index contributed by atoms with van der Waals surface area (Å²) in [6.45, 7) is 3.56. The van der Waals surface area contributed by atoms with Gasteiger partial charge in [-0.25, -0.2) is 9.97 Å². The van der Waals surface area contributed by atoms with Crippen molar-refractivity contribution < 1.29 is 0 Å².